The highest BCUT2D eigenvalue weighted by Crippen LogP contribution is 2.37. The van der Waals surface area contributed by atoms with Crippen molar-refractivity contribution in [2.75, 3.05) is 23.8 Å². The first-order valence-electron chi connectivity index (χ1n) is 11.7. The fourth-order valence-electron chi connectivity index (χ4n) is 3.44. The molecule has 3 rings (SSSR count). The summed E-state index contributed by atoms with van der Waals surface area (Å²) in [5.74, 6) is -0.821. The summed E-state index contributed by atoms with van der Waals surface area (Å²) in [5, 5.41) is 25.9. The molecule has 0 bridgehead atoms. The van der Waals surface area contributed by atoms with Gasteiger partial charge in [0.25, 0.3) is 17.5 Å². The van der Waals surface area contributed by atoms with Gasteiger partial charge in [-0.1, -0.05) is 23.7 Å². The van der Waals surface area contributed by atoms with E-state index in [0.717, 1.165) is 11.1 Å². The molecule has 0 unspecified atom stereocenters. The summed E-state index contributed by atoms with van der Waals surface area (Å²) in [6.07, 6.45) is 1.29. The van der Waals surface area contributed by atoms with Crippen molar-refractivity contribution < 1.29 is 24.0 Å². The number of amides is 2. The van der Waals surface area contributed by atoms with Crippen LogP contribution in [0.4, 0.5) is 17.1 Å². The number of aryl methyl sites for hydroxylation is 2. The number of nitrogens with one attached hydrogen (secondary N) is 2. The molecule has 10 nitrogen and oxygen atoms in total. The summed E-state index contributed by atoms with van der Waals surface area (Å²) in [6.45, 7) is 5.59. The summed E-state index contributed by atoms with van der Waals surface area (Å²) in [7, 11) is 0. The van der Waals surface area contributed by atoms with E-state index in [2.05, 4.69) is 10.6 Å². The summed E-state index contributed by atoms with van der Waals surface area (Å²) in [6, 6.07) is 15.7. The number of hydrogen-bond acceptors (Lipinski definition) is 7. The normalized spacial score (nSPS) is 10.8. The number of hydrogen-bond donors (Lipinski definition) is 2. The second-order valence-corrected chi connectivity index (χ2v) is 8.74. The zero-order valence-electron chi connectivity index (χ0n) is 21.4. The van der Waals surface area contributed by atoms with Gasteiger partial charge in [0, 0.05) is 23.5 Å². The minimum Gasteiger partial charge on any atom is -0.490 e. The Morgan fingerprint density at radius 2 is 1.79 bits per heavy atom. The topological polar surface area (TPSA) is 144 Å². The number of nitro groups is 1. The summed E-state index contributed by atoms with van der Waals surface area (Å²) in [5.41, 5.74) is 2.81. The maximum atomic E-state index is 12.7. The van der Waals surface area contributed by atoms with Gasteiger partial charge in [-0.05, 0) is 73.9 Å². The van der Waals surface area contributed by atoms with Gasteiger partial charge in [-0.2, -0.15) is 5.26 Å². The van der Waals surface area contributed by atoms with Crippen LogP contribution >= 0.6 is 11.6 Å². The molecule has 3 aromatic rings. The Morgan fingerprint density at radius 3 is 2.46 bits per heavy atom. The van der Waals surface area contributed by atoms with Crippen molar-refractivity contribution in [3.63, 3.8) is 0 Å². The van der Waals surface area contributed by atoms with Crippen molar-refractivity contribution in [3.8, 4) is 17.6 Å². The molecule has 2 N–H and O–H groups in total. The van der Waals surface area contributed by atoms with E-state index in [1.807, 2.05) is 32.0 Å². The Labute approximate surface area is 230 Å². The van der Waals surface area contributed by atoms with E-state index in [9.17, 15) is 25.0 Å². The second-order valence-electron chi connectivity index (χ2n) is 8.33. The number of nitrogens with zero attached hydrogens (tertiary/aromatic N) is 2. The smallest absolute Gasteiger partial charge is 0.271 e. The Hall–Kier alpha value is -4.88. The molecule has 0 aromatic heterocycles. The standard InChI is InChI=1S/C28H25ClN4O6/c1-4-38-25-13-19(11-20(15-30)28(35)32-21-6-5-7-23(14-21)33(36)37)12-24(29)27(25)39-16-26(34)31-22-9-8-17(2)18(3)10-22/h5-14H,4,16H2,1-3H3,(H,31,34)(H,32,35)/b20-11-. The first-order chi connectivity index (χ1) is 18.6. The molecular weight excluding hydrogens is 524 g/mol. The van der Waals surface area contributed by atoms with E-state index in [1.54, 1.807) is 13.0 Å². The van der Waals surface area contributed by atoms with Crippen LogP contribution in [-0.4, -0.2) is 30.0 Å². The first-order valence-corrected chi connectivity index (χ1v) is 12.1. The molecule has 0 atom stereocenters. The van der Waals surface area contributed by atoms with Gasteiger partial charge in [0.1, 0.15) is 11.6 Å². The van der Waals surface area contributed by atoms with E-state index < -0.39 is 16.7 Å². The third kappa shape index (κ3) is 7.80. The zero-order chi connectivity index (χ0) is 28.5. The average molecular weight is 549 g/mol. The molecule has 2 amide bonds. The lowest BCUT2D eigenvalue weighted by molar-refractivity contribution is -0.384. The third-order valence-corrected chi connectivity index (χ3v) is 5.74. The van der Waals surface area contributed by atoms with E-state index in [1.165, 1.54) is 42.5 Å². The van der Waals surface area contributed by atoms with Gasteiger partial charge >= 0.3 is 0 Å². The van der Waals surface area contributed by atoms with Crippen LogP contribution in [0, 0.1) is 35.3 Å². The van der Waals surface area contributed by atoms with Crippen LogP contribution in [0.15, 0.2) is 60.2 Å². The molecule has 0 heterocycles. The van der Waals surface area contributed by atoms with Crippen molar-refractivity contribution in [2.45, 2.75) is 20.8 Å². The summed E-state index contributed by atoms with van der Waals surface area (Å²) >= 11 is 6.42. The third-order valence-electron chi connectivity index (χ3n) is 5.46. The summed E-state index contributed by atoms with van der Waals surface area (Å²) in [4.78, 5) is 35.5. The highest BCUT2D eigenvalue weighted by Gasteiger charge is 2.17. The lowest BCUT2D eigenvalue weighted by Crippen LogP contribution is -2.20. The maximum absolute atomic E-state index is 12.7. The van der Waals surface area contributed by atoms with Crippen molar-refractivity contribution in [1.82, 2.24) is 0 Å². The van der Waals surface area contributed by atoms with E-state index in [0.29, 0.717) is 11.3 Å². The van der Waals surface area contributed by atoms with Crippen LogP contribution < -0.4 is 20.1 Å². The molecule has 0 fully saturated rings. The number of halogens is 1. The number of rotatable bonds is 10. The average Bonchev–Trinajstić information content (AvgIpc) is 2.89. The van der Waals surface area contributed by atoms with Crippen molar-refractivity contribution in [2.24, 2.45) is 0 Å². The molecule has 0 aliphatic carbocycles. The number of non-ortho nitro benzene ring substituents is 1. The lowest BCUT2D eigenvalue weighted by Gasteiger charge is -2.15. The predicted octanol–water partition coefficient (Wildman–Crippen LogP) is 5.83. The number of nitro benzene ring substituents is 1. The Bertz CT molecular complexity index is 1500. The fraction of sp³-hybridized carbons (Fsp3) is 0.179. The monoisotopic (exact) mass is 548 g/mol. The Kier molecular flexibility index (Phi) is 9.62. The maximum Gasteiger partial charge on any atom is 0.271 e. The molecule has 0 aliphatic rings. The fourth-order valence-corrected chi connectivity index (χ4v) is 3.71. The molecule has 11 heteroatoms. The Morgan fingerprint density at radius 1 is 1.05 bits per heavy atom. The SMILES string of the molecule is CCOc1cc(/C=C(/C#N)C(=O)Nc2cccc([N+](=O)[O-])c2)cc(Cl)c1OCC(=O)Nc1ccc(C)c(C)c1. The summed E-state index contributed by atoms with van der Waals surface area (Å²) < 4.78 is 11.3. The van der Waals surface area contributed by atoms with Crippen molar-refractivity contribution >= 4 is 46.6 Å². The number of carbonyl (C=O) groups is 2. The van der Waals surface area contributed by atoms with Crippen LogP contribution in [0.3, 0.4) is 0 Å². The lowest BCUT2D eigenvalue weighted by atomic mass is 10.1. The number of anilines is 2. The van der Waals surface area contributed by atoms with E-state index in [-0.39, 0.29) is 46.7 Å². The van der Waals surface area contributed by atoms with Crippen molar-refractivity contribution in [1.29, 1.82) is 5.26 Å². The van der Waals surface area contributed by atoms with Gasteiger partial charge in [0.15, 0.2) is 18.1 Å². The minimum absolute atomic E-state index is 0.0996. The largest absolute Gasteiger partial charge is 0.490 e. The Balaban J connectivity index is 1.77. The van der Waals surface area contributed by atoms with Gasteiger partial charge in [0.2, 0.25) is 0 Å². The van der Waals surface area contributed by atoms with Crippen LogP contribution in [0.5, 0.6) is 11.5 Å². The van der Waals surface area contributed by atoms with Crippen LogP contribution in [0.2, 0.25) is 5.02 Å². The molecule has 3 aromatic carbocycles. The van der Waals surface area contributed by atoms with E-state index in [4.69, 9.17) is 21.1 Å². The van der Waals surface area contributed by atoms with Gasteiger partial charge in [-0.3, -0.25) is 19.7 Å². The minimum atomic E-state index is -0.768. The molecule has 0 radical (unpaired) electrons. The highest BCUT2D eigenvalue weighted by atomic mass is 35.5. The van der Waals surface area contributed by atoms with Crippen LogP contribution in [0.25, 0.3) is 6.08 Å². The molecule has 0 aliphatic heterocycles. The quantitative estimate of drug-likeness (QED) is 0.140. The number of nitriles is 1. The van der Waals surface area contributed by atoms with Crippen LogP contribution in [0.1, 0.15) is 23.6 Å². The van der Waals surface area contributed by atoms with Gasteiger partial charge in [0.05, 0.1) is 16.6 Å². The van der Waals surface area contributed by atoms with Crippen LogP contribution in [-0.2, 0) is 9.59 Å². The first kappa shape index (κ1) is 28.7. The van der Waals surface area contributed by atoms with Gasteiger partial charge in [-0.25, -0.2) is 0 Å². The second kappa shape index (κ2) is 13.1. The highest BCUT2D eigenvalue weighted by molar-refractivity contribution is 6.32. The molecule has 39 heavy (non-hydrogen) atoms. The molecule has 200 valence electrons. The number of ether oxygens (including phenoxy) is 2. The molecule has 0 saturated heterocycles. The number of benzene rings is 3. The van der Waals surface area contributed by atoms with E-state index >= 15 is 0 Å². The molecule has 0 saturated carbocycles. The van der Waals surface area contributed by atoms with Gasteiger partial charge < -0.3 is 20.1 Å². The molecular formula is C28H25ClN4O6. The predicted molar refractivity (Wildman–Crippen MR) is 148 cm³/mol. The number of carbonyl (C=O) groups excluding carboxylic acids is 2. The van der Waals surface area contributed by atoms with Crippen molar-refractivity contribution in [3.05, 3.63) is 92.0 Å². The zero-order valence-corrected chi connectivity index (χ0v) is 22.2. The molecule has 0 spiro atoms. The van der Waals surface area contributed by atoms with Gasteiger partial charge in [-0.15, -0.1) is 0 Å².